The largest absolute Gasteiger partial charge is 0.334 e. The second kappa shape index (κ2) is 8.51. The molecule has 2 heterocycles. The van der Waals surface area contributed by atoms with Crippen LogP contribution in [0.5, 0.6) is 0 Å². The Morgan fingerprint density at radius 2 is 1.79 bits per heavy atom. The fraction of sp³-hybridized carbons (Fsp3) is 0.200. The SMILES string of the molecule is O=C(NCc1ccccc1)N1CCSC12C(=O)N(Cc1ccc(F)cc1F)c1ccccc12. The Hall–Kier alpha value is -3.39. The van der Waals surface area contributed by atoms with Crippen molar-refractivity contribution in [3.05, 3.63) is 101 Å². The van der Waals surface area contributed by atoms with Crippen LogP contribution < -0.4 is 10.2 Å². The molecule has 1 spiro atoms. The molecule has 0 aliphatic carbocycles. The molecule has 1 N–H and O–H groups in total. The number of halogens is 2. The molecule has 33 heavy (non-hydrogen) atoms. The number of nitrogens with one attached hydrogen (secondary N) is 1. The molecule has 1 atom stereocenters. The molecular formula is C25H21F2N3O2S. The zero-order chi connectivity index (χ0) is 23.0. The minimum absolute atomic E-state index is 0.0518. The number of urea groups is 1. The smallest absolute Gasteiger partial charge is 0.319 e. The summed E-state index contributed by atoms with van der Waals surface area (Å²) in [6, 6.07) is 19.8. The van der Waals surface area contributed by atoms with Crippen LogP contribution in [0.15, 0.2) is 72.8 Å². The first-order valence-corrected chi connectivity index (χ1v) is 11.6. The zero-order valence-corrected chi connectivity index (χ0v) is 18.4. The molecule has 1 unspecified atom stereocenters. The van der Waals surface area contributed by atoms with E-state index in [2.05, 4.69) is 5.32 Å². The number of fused-ring (bicyclic) bond motifs is 2. The molecule has 1 saturated heterocycles. The van der Waals surface area contributed by atoms with E-state index in [-0.39, 0.29) is 24.0 Å². The van der Waals surface area contributed by atoms with E-state index in [0.717, 1.165) is 11.6 Å². The third-order valence-corrected chi connectivity index (χ3v) is 7.40. The Kier molecular flexibility index (Phi) is 5.54. The lowest BCUT2D eigenvalue weighted by Gasteiger charge is -2.33. The number of hydrogen-bond donors (Lipinski definition) is 1. The van der Waals surface area contributed by atoms with Crippen molar-refractivity contribution in [1.29, 1.82) is 0 Å². The van der Waals surface area contributed by atoms with E-state index in [0.29, 0.717) is 30.1 Å². The number of rotatable bonds is 4. The number of benzene rings is 3. The second-order valence-electron chi connectivity index (χ2n) is 7.93. The topological polar surface area (TPSA) is 52.7 Å². The minimum Gasteiger partial charge on any atom is -0.334 e. The number of nitrogens with zero attached hydrogens (tertiary/aromatic N) is 2. The van der Waals surface area contributed by atoms with Crippen LogP contribution in [-0.2, 0) is 22.8 Å². The van der Waals surface area contributed by atoms with Crippen molar-refractivity contribution in [2.45, 2.75) is 18.0 Å². The van der Waals surface area contributed by atoms with Crippen LogP contribution in [0.4, 0.5) is 19.3 Å². The first-order chi connectivity index (χ1) is 16.0. The van der Waals surface area contributed by atoms with Crippen molar-refractivity contribution in [3.8, 4) is 0 Å². The first kappa shape index (κ1) is 21.5. The third kappa shape index (κ3) is 3.64. The van der Waals surface area contributed by atoms with Gasteiger partial charge < -0.3 is 10.2 Å². The van der Waals surface area contributed by atoms with E-state index >= 15 is 0 Å². The predicted octanol–water partition coefficient (Wildman–Crippen LogP) is 4.62. The molecule has 2 aliphatic rings. The van der Waals surface area contributed by atoms with Crippen LogP contribution in [0.2, 0.25) is 0 Å². The molecule has 2 aliphatic heterocycles. The average molecular weight is 466 g/mol. The fourth-order valence-electron chi connectivity index (χ4n) is 4.41. The summed E-state index contributed by atoms with van der Waals surface area (Å²) in [6.45, 7) is 0.700. The Labute approximate surface area is 194 Å². The molecule has 5 rings (SSSR count). The first-order valence-electron chi connectivity index (χ1n) is 10.6. The molecule has 3 amide bonds. The lowest BCUT2D eigenvalue weighted by Crippen LogP contribution is -2.53. The number of carbonyl (C=O) groups excluding carboxylic acids is 2. The highest BCUT2D eigenvalue weighted by molar-refractivity contribution is 8.01. The maximum absolute atomic E-state index is 14.4. The van der Waals surface area contributed by atoms with Crippen molar-refractivity contribution in [2.75, 3.05) is 17.2 Å². The van der Waals surface area contributed by atoms with E-state index in [9.17, 15) is 18.4 Å². The van der Waals surface area contributed by atoms with Crippen LogP contribution >= 0.6 is 11.8 Å². The lowest BCUT2D eigenvalue weighted by molar-refractivity contribution is -0.123. The van der Waals surface area contributed by atoms with Crippen LogP contribution in [0, 0.1) is 11.6 Å². The van der Waals surface area contributed by atoms with Crippen LogP contribution in [-0.4, -0.2) is 29.1 Å². The molecule has 1 fully saturated rings. The fourth-order valence-corrected chi connectivity index (χ4v) is 5.88. The highest BCUT2D eigenvalue weighted by atomic mass is 32.2. The van der Waals surface area contributed by atoms with Gasteiger partial charge in [-0.15, -0.1) is 11.8 Å². The second-order valence-corrected chi connectivity index (χ2v) is 9.22. The third-order valence-electron chi connectivity index (χ3n) is 5.98. The molecular weight excluding hydrogens is 444 g/mol. The van der Waals surface area contributed by atoms with Gasteiger partial charge in [0.1, 0.15) is 11.6 Å². The van der Waals surface area contributed by atoms with Crippen molar-refractivity contribution < 1.29 is 18.4 Å². The number of anilines is 1. The summed E-state index contributed by atoms with van der Waals surface area (Å²) in [5.41, 5.74) is 2.49. The molecule has 0 radical (unpaired) electrons. The van der Waals surface area contributed by atoms with E-state index in [1.54, 1.807) is 17.0 Å². The van der Waals surface area contributed by atoms with E-state index < -0.39 is 16.5 Å². The normalized spacial score (nSPS) is 19.3. The highest BCUT2D eigenvalue weighted by Gasteiger charge is 2.59. The molecule has 5 nitrogen and oxygen atoms in total. The summed E-state index contributed by atoms with van der Waals surface area (Å²) in [4.78, 5) is 28.9. The van der Waals surface area contributed by atoms with Gasteiger partial charge in [0.05, 0.1) is 12.2 Å². The van der Waals surface area contributed by atoms with Gasteiger partial charge in [-0.2, -0.15) is 0 Å². The van der Waals surface area contributed by atoms with Crippen LogP contribution in [0.1, 0.15) is 16.7 Å². The molecule has 0 aromatic heterocycles. The number of para-hydroxylation sites is 1. The van der Waals surface area contributed by atoms with Gasteiger partial charge in [-0.3, -0.25) is 9.69 Å². The molecule has 168 valence electrons. The summed E-state index contributed by atoms with van der Waals surface area (Å²) in [6.07, 6.45) is 0. The minimum atomic E-state index is -1.21. The monoisotopic (exact) mass is 465 g/mol. The number of hydrogen-bond acceptors (Lipinski definition) is 3. The van der Waals surface area contributed by atoms with Gasteiger partial charge in [-0.25, -0.2) is 13.6 Å². The Morgan fingerprint density at radius 3 is 2.58 bits per heavy atom. The van der Waals surface area contributed by atoms with Crippen LogP contribution in [0.3, 0.4) is 0 Å². The van der Waals surface area contributed by atoms with Gasteiger partial charge in [-0.1, -0.05) is 54.6 Å². The van der Waals surface area contributed by atoms with Crippen molar-refractivity contribution in [2.24, 2.45) is 0 Å². The van der Waals surface area contributed by atoms with Crippen molar-refractivity contribution >= 4 is 29.4 Å². The number of thioether (sulfide) groups is 1. The Bertz CT molecular complexity index is 1220. The summed E-state index contributed by atoms with van der Waals surface area (Å²) < 4.78 is 27.8. The molecule has 0 bridgehead atoms. The molecule has 3 aromatic carbocycles. The van der Waals surface area contributed by atoms with Gasteiger partial charge in [0.25, 0.3) is 5.91 Å². The zero-order valence-electron chi connectivity index (χ0n) is 17.6. The summed E-state index contributed by atoms with van der Waals surface area (Å²) in [5.74, 6) is -1.09. The maximum atomic E-state index is 14.4. The maximum Gasteiger partial charge on any atom is 0.319 e. The number of amides is 3. The standard InChI is InChI=1S/C25H21F2N3O2S/c26-19-11-10-18(21(27)14-19)16-29-22-9-5-4-8-20(22)25(23(29)31)30(12-13-33-25)24(32)28-15-17-6-2-1-3-7-17/h1-11,14H,12-13,15-16H2,(H,28,32). The van der Waals surface area contributed by atoms with Crippen molar-refractivity contribution in [1.82, 2.24) is 10.2 Å². The Morgan fingerprint density at radius 1 is 1.03 bits per heavy atom. The van der Waals surface area contributed by atoms with Gasteiger partial charge >= 0.3 is 6.03 Å². The highest BCUT2D eigenvalue weighted by Crippen LogP contribution is 2.54. The summed E-state index contributed by atoms with van der Waals surface area (Å²) in [5, 5.41) is 2.92. The van der Waals surface area contributed by atoms with Crippen LogP contribution in [0.25, 0.3) is 0 Å². The quantitative estimate of drug-likeness (QED) is 0.612. The average Bonchev–Trinajstić information content (AvgIpc) is 3.37. The Balaban J connectivity index is 1.46. The molecule has 3 aromatic rings. The summed E-state index contributed by atoms with van der Waals surface area (Å²) >= 11 is 1.40. The molecule has 8 heteroatoms. The van der Waals surface area contributed by atoms with E-state index in [1.807, 2.05) is 42.5 Å². The van der Waals surface area contributed by atoms with E-state index in [4.69, 9.17) is 0 Å². The van der Waals surface area contributed by atoms with Gasteiger partial charge in [0, 0.05) is 36.0 Å². The van der Waals surface area contributed by atoms with Gasteiger partial charge in [0.15, 0.2) is 4.87 Å². The molecule has 0 saturated carbocycles. The summed E-state index contributed by atoms with van der Waals surface area (Å²) in [7, 11) is 0. The van der Waals surface area contributed by atoms with E-state index in [1.165, 1.54) is 28.8 Å². The predicted molar refractivity (Wildman–Crippen MR) is 124 cm³/mol. The van der Waals surface area contributed by atoms with Gasteiger partial charge in [0.2, 0.25) is 0 Å². The lowest BCUT2D eigenvalue weighted by atomic mass is 10.1. The number of carbonyl (C=O) groups is 2. The van der Waals surface area contributed by atoms with Crippen molar-refractivity contribution in [3.63, 3.8) is 0 Å². The van der Waals surface area contributed by atoms with Gasteiger partial charge in [-0.05, 0) is 17.7 Å².